The van der Waals surface area contributed by atoms with E-state index < -0.39 is 6.10 Å². The number of carbonyl (C=O) groups is 1. The summed E-state index contributed by atoms with van der Waals surface area (Å²) in [5.74, 6) is 0.0677. The Morgan fingerprint density at radius 2 is 2.12 bits per heavy atom. The van der Waals surface area contributed by atoms with Crippen molar-refractivity contribution in [3.05, 3.63) is 35.4 Å². The van der Waals surface area contributed by atoms with Crippen molar-refractivity contribution in [2.45, 2.75) is 25.4 Å². The van der Waals surface area contributed by atoms with E-state index in [4.69, 9.17) is 0 Å². The van der Waals surface area contributed by atoms with Gasteiger partial charge in [-0.1, -0.05) is 24.3 Å². The third-order valence-corrected chi connectivity index (χ3v) is 3.93. The minimum absolute atomic E-state index is 0.0677. The van der Waals surface area contributed by atoms with Crippen LogP contribution in [0.1, 0.15) is 30.1 Å². The van der Waals surface area contributed by atoms with Crippen LogP contribution < -0.4 is 5.32 Å². The van der Waals surface area contributed by atoms with Crippen LogP contribution in [0, 0.1) is 5.41 Å². The van der Waals surface area contributed by atoms with E-state index in [0.717, 1.165) is 18.4 Å². The second-order valence-electron chi connectivity index (χ2n) is 4.92. The molecule has 16 heavy (non-hydrogen) atoms. The average molecular weight is 217 g/mol. The van der Waals surface area contributed by atoms with Gasteiger partial charge in [0.25, 0.3) is 0 Å². The molecule has 1 saturated heterocycles. The Morgan fingerprint density at radius 3 is 2.88 bits per heavy atom. The minimum atomic E-state index is -0.477. The van der Waals surface area contributed by atoms with Crippen molar-refractivity contribution >= 4 is 5.91 Å². The number of nitrogens with one attached hydrogen (secondary N) is 1. The van der Waals surface area contributed by atoms with Crippen LogP contribution >= 0.6 is 0 Å². The number of amides is 1. The molecule has 2 unspecified atom stereocenters. The number of piperidine rings is 1. The minimum Gasteiger partial charge on any atom is -0.388 e. The fraction of sp³-hybridized carbons (Fsp3) is 0.462. The maximum Gasteiger partial charge on any atom is 0.220 e. The Kier molecular flexibility index (Phi) is 2.04. The first-order valence-corrected chi connectivity index (χ1v) is 5.74. The molecule has 1 amide bonds. The van der Waals surface area contributed by atoms with Crippen molar-refractivity contribution in [2.24, 2.45) is 5.41 Å². The Bertz CT molecular complexity index is 443. The van der Waals surface area contributed by atoms with Gasteiger partial charge in [-0.2, -0.15) is 0 Å². The summed E-state index contributed by atoms with van der Waals surface area (Å²) in [5, 5.41) is 13.2. The highest BCUT2D eigenvalue weighted by Crippen LogP contribution is 2.50. The summed E-state index contributed by atoms with van der Waals surface area (Å²) < 4.78 is 0. The molecule has 2 aliphatic rings. The van der Waals surface area contributed by atoms with Gasteiger partial charge in [-0.3, -0.25) is 4.79 Å². The van der Waals surface area contributed by atoms with Gasteiger partial charge in [0.1, 0.15) is 0 Å². The molecule has 0 saturated carbocycles. The average Bonchev–Trinajstić information content (AvgIpc) is 2.53. The molecule has 3 rings (SSSR count). The molecule has 1 aromatic carbocycles. The predicted molar refractivity (Wildman–Crippen MR) is 59.8 cm³/mol. The zero-order chi connectivity index (χ0) is 11.2. The molecule has 0 bridgehead atoms. The van der Waals surface area contributed by atoms with E-state index in [1.165, 1.54) is 5.56 Å². The van der Waals surface area contributed by atoms with E-state index in [2.05, 4.69) is 11.4 Å². The Balaban J connectivity index is 1.99. The molecule has 1 aliphatic carbocycles. The van der Waals surface area contributed by atoms with E-state index in [0.29, 0.717) is 13.0 Å². The highest BCUT2D eigenvalue weighted by Gasteiger charge is 2.47. The zero-order valence-corrected chi connectivity index (χ0v) is 9.07. The maximum absolute atomic E-state index is 11.5. The van der Waals surface area contributed by atoms with Crippen molar-refractivity contribution in [3.8, 4) is 0 Å². The first-order chi connectivity index (χ1) is 7.71. The third kappa shape index (κ3) is 1.28. The van der Waals surface area contributed by atoms with Gasteiger partial charge < -0.3 is 10.4 Å². The van der Waals surface area contributed by atoms with Gasteiger partial charge in [0.05, 0.1) is 6.10 Å². The van der Waals surface area contributed by atoms with Crippen LogP contribution in [-0.4, -0.2) is 17.6 Å². The number of rotatable bonds is 0. The summed E-state index contributed by atoms with van der Waals surface area (Å²) in [6, 6.07) is 7.97. The number of hydrogen-bond donors (Lipinski definition) is 2. The number of aliphatic hydroxyl groups excluding tert-OH is 1. The van der Waals surface area contributed by atoms with Crippen LogP contribution in [0.5, 0.6) is 0 Å². The van der Waals surface area contributed by atoms with Gasteiger partial charge in [-0.05, 0) is 24.0 Å². The first kappa shape index (κ1) is 9.85. The smallest absolute Gasteiger partial charge is 0.220 e. The molecule has 1 heterocycles. The van der Waals surface area contributed by atoms with Crippen molar-refractivity contribution in [2.75, 3.05) is 6.54 Å². The van der Waals surface area contributed by atoms with Crippen LogP contribution in [0.2, 0.25) is 0 Å². The topological polar surface area (TPSA) is 49.3 Å². The summed E-state index contributed by atoms with van der Waals surface area (Å²) in [6.45, 7) is 0.684. The van der Waals surface area contributed by atoms with Gasteiger partial charge in [0, 0.05) is 18.4 Å². The highest BCUT2D eigenvalue weighted by molar-refractivity contribution is 5.78. The van der Waals surface area contributed by atoms with E-state index in [9.17, 15) is 9.90 Å². The fourth-order valence-corrected chi connectivity index (χ4v) is 3.07. The maximum atomic E-state index is 11.5. The Morgan fingerprint density at radius 1 is 1.31 bits per heavy atom. The van der Waals surface area contributed by atoms with E-state index >= 15 is 0 Å². The van der Waals surface area contributed by atoms with Crippen molar-refractivity contribution < 1.29 is 9.90 Å². The predicted octanol–water partition coefficient (Wildman–Crippen LogP) is 1.17. The summed E-state index contributed by atoms with van der Waals surface area (Å²) in [7, 11) is 0. The van der Waals surface area contributed by atoms with Gasteiger partial charge >= 0.3 is 0 Å². The van der Waals surface area contributed by atoms with Gasteiger partial charge in [-0.15, -0.1) is 0 Å². The number of hydrogen-bond acceptors (Lipinski definition) is 2. The molecule has 1 aliphatic heterocycles. The van der Waals surface area contributed by atoms with Gasteiger partial charge in [0.15, 0.2) is 0 Å². The summed E-state index contributed by atoms with van der Waals surface area (Å²) >= 11 is 0. The van der Waals surface area contributed by atoms with Crippen LogP contribution in [0.3, 0.4) is 0 Å². The summed E-state index contributed by atoms with van der Waals surface area (Å²) in [5.41, 5.74) is 1.97. The molecule has 2 N–H and O–H groups in total. The van der Waals surface area contributed by atoms with Crippen molar-refractivity contribution in [3.63, 3.8) is 0 Å². The molecule has 0 aromatic heterocycles. The molecule has 3 nitrogen and oxygen atoms in total. The summed E-state index contributed by atoms with van der Waals surface area (Å²) in [4.78, 5) is 11.5. The Hall–Kier alpha value is -1.35. The molecule has 3 heteroatoms. The molecule has 1 spiro atoms. The fourth-order valence-electron chi connectivity index (χ4n) is 3.07. The van der Waals surface area contributed by atoms with Gasteiger partial charge in [-0.25, -0.2) is 0 Å². The van der Waals surface area contributed by atoms with Crippen LogP contribution in [0.4, 0.5) is 0 Å². The van der Waals surface area contributed by atoms with Crippen LogP contribution in [0.15, 0.2) is 24.3 Å². The first-order valence-electron chi connectivity index (χ1n) is 5.74. The van der Waals surface area contributed by atoms with Crippen LogP contribution in [-0.2, 0) is 11.2 Å². The Labute approximate surface area is 94.5 Å². The molecule has 1 aromatic rings. The van der Waals surface area contributed by atoms with Crippen LogP contribution in [0.25, 0.3) is 0 Å². The molecule has 84 valence electrons. The van der Waals surface area contributed by atoms with E-state index in [-0.39, 0.29) is 11.3 Å². The zero-order valence-electron chi connectivity index (χ0n) is 9.07. The van der Waals surface area contributed by atoms with E-state index in [1.54, 1.807) is 0 Å². The second-order valence-corrected chi connectivity index (χ2v) is 4.92. The third-order valence-electron chi connectivity index (χ3n) is 3.93. The number of fused-ring (bicyclic) bond motifs is 1. The van der Waals surface area contributed by atoms with Crippen molar-refractivity contribution in [1.29, 1.82) is 0 Å². The monoisotopic (exact) mass is 217 g/mol. The number of carbonyl (C=O) groups excluding carboxylic acids is 1. The molecule has 0 radical (unpaired) electrons. The SMILES string of the molecule is O=C1CC2(CCN1)Cc1ccccc1C2O. The molecule has 1 fully saturated rings. The molecular weight excluding hydrogens is 202 g/mol. The lowest BCUT2D eigenvalue weighted by Gasteiger charge is -2.36. The lowest BCUT2D eigenvalue weighted by Crippen LogP contribution is -2.43. The number of aliphatic hydroxyl groups is 1. The molecule has 2 atom stereocenters. The van der Waals surface area contributed by atoms with Crippen molar-refractivity contribution in [1.82, 2.24) is 5.32 Å². The standard InChI is InChI=1S/C13H15NO2/c15-11-8-13(5-6-14-11)7-9-3-1-2-4-10(9)12(13)16/h1-4,12,16H,5-8H2,(H,14,15). The lowest BCUT2D eigenvalue weighted by molar-refractivity contribution is -0.129. The quantitative estimate of drug-likeness (QED) is 0.685. The molecular formula is C13H15NO2. The van der Waals surface area contributed by atoms with Gasteiger partial charge in [0.2, 0.25) is 5.91 Å². The second kappa shape index (κ2) is 3.32. The summed E-state index contributed by atoms with van der Waals surface area (Å²) in [6.07, 6.45) is 1.67. The normalized spacial score (nSPS) is 32.6. The lowest BCUT2D eigenvalue weighted by atomic mass is 9.74. The highest BCUT2D eigenvalue weighted by atomic mass is 16.3. The largest absolute Gasteiger partial charge is 0.388 e. The number of benzene rings is 1. The van der Waals surface area contributed by atoms with E-state index in [1.807, 2.05) is 18.2 Å².